The Hall–Kier alpha value is -2.20. The second kappa shape index (κ2) is 5.06. The number of anilines is 1. The number of nitrogens with zero attached hydrogens (tertiary/aromatic N) is 1. The van der Waals surface area contributed by atoms with E-state index in [1.165, 1.54) is 24.3 Å². The van der Waals surface area contributed by atoms with Gasteiger partial charge in [-0.1, -0.05) is 18.2 Å². The summed E-state index contributed by atoms with van der Waals surface area (Å²) in [5, 5.41) is 0. The molecule has 0 aliphatic carbocycles. The highest BCUT2D eigenvalue weighted by Gasteiger charge is 2.27. The molecule has 20 heavy (non-hydrogen) atoms. The second-order valence-electron chi connectivity index (χ2n) is 5.02. The Bertz CT molecular complexity index is 639. The van der Waals surface area contributed by atoms with Crippen molar-refractivity contribution in [2.45, 2.75) is 12.5 Å². The van der Waals surface area contributed by atoms with Gasteiger partial charge in [0.1, 0.15) is 5.82 Å². The zero-order valence-electron chi connectivity index (χ0n) is 10.9. The van der Waals surface area contributed by atoms with Gasteiger partial charge in [0.25, 0.3) is 5.91 Å². The molecule has 1 atom stereocenters. The van der Waals surface area contributed by atoms with E-state index in [0.717, 1.165) is 17.7 Å². The Morgan fingerprint density at radius 3 is 2.60 bits per heavy atom. The standard InChI is InChI=1S/C16H15FN2O/c17-13-7-5-11(6-8-13)16(20)19-10-14(18)9-12-3-1-2-4-15(12)19/h1-8,14H,9-10,18H2. The fourth-order valence-corrected chi connectivity index (χ4v) is 2.57. The van der Waals surface area contributed by atoms with Crippen LogP contribution in [0, 0.1) is 5.82 Å². The summed E-state index contributed by atoms with van der Waals surface area (Å²) >= 11 is 0. The van der Waals surface area contributed by atoms with Crippen LogP contribution in [0.5, 0.6) is 0 Å². The van der Waals surface area contributed by atoms with Gasteiger partial charge in [-0.25, -0.2) is 4.39 Å². The van der Waals surface area contributed by atoms with Crippen LogP contribution in [-0.4, -0.2) is 18.5 Å². The number of carbonyl (C=O) groups is 1. The normalized spacial score (nSPS) is 17.7. The molecule has 3 rings (SSSR count). The Labute approximate surface area is 116 Å². The highest BCUT2D eigenvalue weighted by atomic mass is 19.1. The number of carbonyl (C=O) groups excluding carboxylic acids is 1. The van der Waals surface area contributed by atoms with E-state index < -0.39 is 0 Å². The zero-order chi connectivity index (χ0) is 14.1. The highest BCUT2D eigenvalue weighted by Crippen LogP contribution is 2.27. The van der Waals surface area contributed by atoms with Crippen molar-refractivity contribution < 1.29 is 9.18 Å². The number of fused-ring (bicyclic) bond motifs is 1. The minimum atomic E-state index is -0.350. The molecule has 102 valence electrons. The molecule has 1 unspecified atom stereocenters. The number of nitrogens with two attached hydrogens (primary N) is 1. The summed E-state index contributed by atoms with van der Waals surface area (Å²) in [6.45, 7) is 0.479. The first-order chi connectivity index (χ1) is 9.65. The summed E-state index contributed by atoms with van der Waals surface area (Å²) in [5.74, 6) is -0.495. The monoisotopic (exact) mass is 270 g/mol. The van der Waals surface area contributed by atoms with E-state index in [-0.39, 0.29) is 17.8 Å². The van der Waals surface area contributed by atoms with Crippen molar-refractivity contribution in [1.29, 1.82) is 0 Å². The van der Waals surface area contributed by atoms with Crippen LogP contribution in [0.15, 0.2) is 48.5 Å². The zero-order valence-corrected chi connectivity index (χ0v) is 10.9. The molecule has 1 aliphatic rings. The molecule has 0 saturated carbocycles. The SMILES string of the molecule is NC1Cc2ccccc2N(C(=O)c2ccc(F)cc2)C1. The lowest BCUT2D eigenvalue weighted by Crippen LogP contribution is -2.46. The van der Waals surface area contributed by atoms with Crippen LogP contribution >= 0.6 is 0 Å². The van der Waals surface area contributed by atoms with Gasteiger partial charge < -0.3 is 10.6 Å². The van der Waals surface area contributed by atoms with Crippen molar-refractivity contribution in [3.05, 3.63) is 65.5 Å². The van der Waals surface area contributed by atoms with Gasteiger partial charge in [0.15, 0.2) is 0 Å². The number of benzene rings is 2. The maximum Gasteiger partial charge on any atom is 0.258 e. The molecule has 0 saturated heterocycles. The maximum atomic E-state index is 12.9. The van der Waals surface area contributed by atoms with Crippen molar-refractivity contribution in [3.63, 3.8) is 0 Å². The molecule has 1 heterocycles. The minimum Gasteiger partial charge on any atom is -0.326 e. The van der Waals surface area contributed by atoms with Gasteiger partial charge in [0.05, 0.1) is 0 Å². The van der Waals surface area contributed by atoms with E-state index in [9.17, 15) is 9.18 Å². The fraction of sp³-hybridized carbons (Fsp3) is 0.188. The summed E-state index contributed by atoms with van der Waals surface area (Å²) < 4.78 is 12.9. The van der Waals surface area contributed by atoms with Crippen LogP contribution in [-0.2, 0) is 6.42 Å². The number of para-hydroxylation sites is 1. The minimum absolute atomic E-state index is 0.0747. The third kappa shape index (κ3) is 2.30. The van der Waals surface area contributed by atoms with E-state index >= 15 is 0 Å². The summed E-state index contributed by atoms with van der Waals surface area (Å²) in [6, 6.07) is 13.3. The van der Waals surface area contributed by atoms with Crippen LogP contribution < -0.4 is 10.6 Å². The highest BCUT2D eigenvalue weighted by molar-refractivity contribution is 6.06. The summed E-state index contributed by atoms with van der Waals surface area (Å²) in [4.78, 5) is 14.2. The van der Waals surface area contributed by atoms with Crippen LogP contribution in [0.1, 0.15) is 15.9 Å². The van der Waals surface area contributed by atoms with Gasteiger partial charge in [-0.15, -0.1) is 0 Å². The fourth-order valence-electron chi connectivity index (χ4n) is 2.57. The first-order valence-corrected chi connectivity index (χ1v) is 6.56. The Morgan fingerprint density at radius 2 is 1.85 bits per heavy atom. The molecule has 0 spiro atoms. The van der Waals surface area contributed by atoms with Crippen LogP contribution in [0.2, 0.25) is 0 Å². The van der Waals surface area contributed by atoms with Crippen LogP contribution in [0.3, 0.4) is 0 Å². The average molecular weight is 270 g/mol. The number of hydrogen-bond donors (Lipinski definition) is 1. The van der Waals surface area contributed by atoms with Gasteiger partial charge in [0, 0.05) is 23.8 Å². The number of halogens is 1. The Morgan fingerprint density at radius 1 is 1.15 bits per heavy atom. The van der Waals surface area contributed by atoms with Crippen LogP contribution in [0.25, 0.3) is 0 Å². The maximum absolute atomic E-state index is 12.9. The topological polar surface area (TPSA) is 46.3 Å². The molecule has 0 radical (unpaired) electrons. The largest absolute Gasteiger partial charge is 0.326 e. The molecule has 4 heteroatoms. The van der Waals surface area contributed by atoms with Gasteiger partial charge in [-0.3, -0.25) is 4.79 Å². The molecule has 1 amide bonds. The molecule has 0 bridgehead atoms. The number of hydrogen-bond acceptors (Lipinski definition) is 2. The van der Waals surface area contributed by atoms with E-state index in [2.05, 4.69) is 0 Å². The predicted octanol–water partition coefficient (Wildman–Crippen LogP) is 2.36. The van der Waals surface area contributed by atoms with Crippen molar-refractivity contribution in [1.82, 2.24) is 0 Å². The number of rotatable bonds is 1. The number of amides is 1. The lowest BCUT2D eigenvalue weighted by atomic mass is 9.97. The Kier molecular flexibility index (Phi) is 3.24. The molecular weight excluding hydrogens is 255 g/mol. The predicted molar refractivity (Wildman–Crippen MR) is 76.2 cm³/mol. The lowest BCUT2D eigenvalue weighted by molar-refractivity contribution is 0.0983. The van der Waals surface area contributed by atoms with E-state index in [0.29, 0.717) is 12.1 Å². The third-order valence-corrected chi connectivity index (χ3v) is 3.52. The van der Waals surface area contributed by atoms with Gasteiger partial charge >= 0.3 is 0 Å². The first-order valence-electron chi connectivity index (χ1n) is 6.56. The van der Waals surface area contributed by atoms with E-state index in [4.69, 9.17) is 5.73 Å². The van der Waals surface area contributed by atoms with E-state index in [1.54, 1.807) is 4.90 Å². The third-order valence-electron chi connectivity index (χ3n) is 3.52. The van der Waals surface area contributed by atoms with Gasteiger partial charge in [-0.05, 0) is 42.3 Å². The summed E-state index contributed by atoms with van der Waals surface area (Å²) in [6.07, 6.45) is 0.767. The Balaban J connectivity index is 1.97. The summed E-state index contributed by atoms with van der Waals surface area (Å²) in [7, 11) is 0. The van der Waals surface area contributed by atoms with Crippen LogP contribution in [0.4, 0.5) is 10.1 Å². The first kappa shape index (κ1) is 12.8. The molecule has 0 aromatic heterocycles. The quantitative estimate of drug-likeness (QED) is 0.864. The molecule has 2 aromatic rings. The molecule has 3 nitrogen and oxygen atoms in total. The molecule has 2 aromatic carbocycles. The van der Waals surface area contributed by atoms with E-state index in [1.807, 2.05) is 24.3 Å². The van der Waals surface area contributed by atoms with Gasteiger partial charge in [-0.2, -0.15) is 0 Å². The van der Waals surface area contributed by atoms with Crippen molar-refractivity contribution in [3.8, 4) is 0 Å². The molecule has 0 fully saturated rings. The van der Waals surface area contributed by atoms with Crippen molar-refractivity contribution in [2.75, 3.05) is 11.4 Å². The van der Waals surface area contributed by atoms with Crippen molar-refractivity contribution in [2.24, 2.45) is 5.73 Å². The van der Waals surface area contributed by atoms with Crippen molar-refractivity contribution >= 4 is 11.6 Å². The second-order valence-corrected chi connectivity index (χ2v) is 5.02. The molecule has 2 N–H and O–H groups in total. The van der Waals surface area contributed by atoms with Gasteiger partial charge in [0.2, 0.25) is 0 Å². The summed E-state index contributed by atoms with van der Waals surface area (Å²) in [5.41, 5.74) is 8.46. The molecular formula is C16H15FN2O. The average Bonchev–Trinajstić information content (AvgIpc) is 2.46. The molecule has 1 aliphatic heterocycles. The lowest BCUT2D eigenvalue weighted by Gasteiger charge is -2.33. The smallest absolute Gasteiger partial charge is 0.258 e.